The van der Waals surface area contributed by atoms with E-state index in [1.54, 1.807) is 0 Å². The van der Waals surface area contributed by atoms with Gasteiger partial charge in [-0.1, -0.05) is 44.2 Å². The molecule has 0 aliphatic rings. The van der Waals surface area contributed by atoms with Gasteiger partial charge >= 0.3 is 0 Å². The lowest BCUT2D eigenvalue weighted by atomic mass is 10.0. The average Bonchev–Trinajstić information content (AvgIpc) is 2.40. The van der Waals surface area contributed by atoms with Gasteiger partial charge in [-0.2, -0.15) is 0 Å². The third-order valence-electron chi connectivity index (χ3n) is 3.21. The number of nitrogens with one attached hydrogen (secondary N) is 1. The fourth-order valence-corrected chi connectivity index (χ4v) is 2.35. The fourth-order valence-electron chi connectivity index (χ4n) is 2.35. The van der Waals surface area contributed by atoms with Crippen LogP contribution in [0.1, 0.15) is 33.3 Å². The maximum Gasteiger partial charge on any atom is 0.124 e. The molecule has 0 unspecified atom stereocenters. The fraction of sp³-hybridized carbons (Fsp3) is 0.444. The normalized spacial score (nSPS) is 11.5. The van der Waals surface area contributed by atoms with Crippen LogP contribution in [0.2, 0.25) is 0 Å². The molecular weight excluding hydrogens is 246 g/mol. The molecule has 0 amide bonds. The molecule has 0 fully saturated rings. The van der Waals surface area contributed by atoms with Gasteiger partial charge in [-0.3, -0.25) is 0 Å². The Hall–Kier alpha value is -1.54. The summed E-state index contributed by atoms with van der Waals surface area (Å²) in [6.45, 7) is 10.5. The second-order valence-corrected chi connectivity index (χ2v) is 5.95. The summed E-state index contributed by atoms with van der Waals surface area (Å²) in [4.78, 5) is 0. The van der Waals surface area contributed by atoms with Crippen molar-refractivity contribution >= 4 is 10.8 Å². The van der Waals surface area contributed by atoms with E-state index >= 15 is 0 Å². The van der Waals surface area contributed by atoms with Crippen LogP contribution in [0.4, 0.5) is 0 Å². The molecule has 20 heavy (non-hydrogen) atoms. The van der Waals surface area contributed by atoms with Crippen LogP contribution in [0.25, 0.3) is 10.8 Å². The molecule has 2 heteroatoms. The molecule has 0 saturated carbocycles. The van der Waals surface area contributed by atoms with Crippen molar-refractivity contribution in [3.05, 3.63) is 42.0 Å². The highest BCUT2D eigenvalue weighted by molar-refractivity contribution is 5.87. The van der Waals surface area contributed by atoms with Crippen molar-refractivity contribution in [2.45, 2.75) is 40.3 Å². The Kier molecular flexibility index (Phi) is 5.02. The van der Waals surface area contributed by atoms with Gasteiger partial charge in [0.15, 0.2) is 0 Å². The first kappa shape index (κ1) is 14.9. The molecule has 2 rings (SSSR count). The molecule has 0 saturated heterocycles. The number of hydrogen-bond acceptors (Lipinski definition) is 2. The number of ether oxygens (including phenoxy) is 1. The van der Waals surface area contributed by atoms with Crippen LogP contribution in [-0.4, -0.2) is 12.6 Å². The van der Waals surface area contributed by atoms with Crippen LogP contribution < -0.4 is 10.1 Å². The van der Waals surface area contributed by atoms with Crippen LogP contribution in [0, 0.1) is 5.92 Å². The van der Waals surface area contributed by atoms with E-state index in [0.29, 0.717) is 5.92 Å². The van der Waals surface area contributed by atoms with E-state index in [4.69, 9.17) is 4.74 Å². The first-order chi connectivity index (χ1) is 9.58. The van der Waals surface area contributed by atoms with E-state index in [1.165, 1.54) is 16.3 Å². The molecule has 2 aromatic rings. The highest BCUT2D eigenvalue weighted by atomic mass is 16.5. The summed E-state index contributed by atoms with van der Waals surface area (Å²) in [5, 5.41) is 6.07. The monoisotopic (exact) mass is 271 g/mol. The van der Waals surface area contributed by atoms with Gasteiger partial charge in [0.1, 0.15) is 5.75 Å². The van der Waals surface area contributed by atoms with Crippen LogP contribution in [-0.2, 0) is 6.54 Å². The molecule has 2 nitrogen and oxygen atoms in total. The van der Waals surface area contributed by atoms with Crippen molar-refractivity contribution in [2.75, 3.05) is 6.54 Å². The highest BCUT2D eigenvalue weighted by Crippen LogP contribution is 2.28. The molecule has 0 bridgehead atoms. The Morgan fingerprint density at radius 3 is 2.45 bits per heavy atom. The van der Waals surface area contributed by atoms with Gasteiger partial charge in [-0.15, -0.1) is 0 Å². The average molecular weight is 271 g/mol. The molecule has 0 aliphatic heterocycles. The number of fused-ring (bicyclic) bond motifs is 1. The minimum atomic E-state index is 0.194. The standard InChI is InChI=1S/C18H25NO/c1-13(2)11-19-12-17-16-8-6-5-7-15(16)9-10-18(17)20-14(3)4/h5-10,13-14,19H,11-12H2,1-4H3. The number of benzene rings is 2. The molecule has 2 aromatic carbocycles. The van der Waals surface area contributed by atoms with E-state index in [-0.39, 0.29) is 6.10 Å². The van der Waals surface area contributed by atoms with Gasteiger partial charge in [0.2, 0.25) is 0 Å². The van der Waals surface area contributed by atoms with Gasteiger partial charge in [0.05, 0.1) is 6.10 Å². The molecule has 0 aliphatic carbocycles. The Balaban J connectivity index is 2.34. The molecule has 0 aromatic heterocycles. The van der Waals surface area contributed by atoms with E-state index in [9.17, 15) is 0 Å². The topological polar surface area (TPSA) is 21.3 Å². The smallest absolute Gasteiger partial charge is 0.124 e. The summed E-state index contributed by atoms with van der Waals surface area (Å²) in [7, 11) is 0. The first-order valence-corrected chi connectivity index (χ1v) is 7.46. The molecule has 0 atom stereocenters. The zero-order valence-corrected chi connectivity index (χ0v) is 12.9. The minimum Gasteiger partial charge on any atom is -0.491 e. The largest absolute Gasteiger partial charge is 0.491 e. The minimum absolute atomic E-state index is 0.194. The van der Waals surface area contributed by atoms with Crippen molar-refractivity contribution in [1.82, 2.24) is 5.32 Å². The second-order valence-electron chi connectivity index (χ2n) is 5.95. The quantitative estimate of drug-likeness (QED) is 0.842. The Morgan fingerprint density at radius 2 is 1.75 bits per heavy atom. The number of hydrogen-bond donors (Lipinski definition) is 1. The van der Waals surface area contributed by atoms with E-state index in [1.807, 2.05) is 0 Å². The lowest BCUT2D eigenvalue weighted by Gasteiger charge is -2.17. The first-order valence-electron chi connectivity index (χ1n) is 7.46. The highest BCUT2D eigenvalue weighted by Gasteiger charge is 2.10. The van der Waals surface area contributed by atoms with Crippen LogP contribution >= 0.6 is 0 Å². The van der Waals surface area contributed by atoms with Crippen LogP contribution in [0.5, 0.6) is 5.75 Å². The zero-order valence-electron chi connectivity index (χ0n) is 12.9. The molecule has 108 valence electrons. The van der Waals surface area contributed by atoms with Crippen molar-refractivity contribution < 1.29 is 4.74 Å². The SMILES string of the molecule is CC(C)CNCc1c(OC(C)C)ccc2ccccc12. The van der Waals surface area contributed by atoms with Crippen LogP contribution in [0.15, 0.2) is 36.4 Å². The van der Waals surface area contributed by atoms with Crippen molar-refractivity contribution in [3.8, 4) is 5.75 Å². The predicted molar refractivity (Wildman–Crippen MR) is 86.3 cm³/mol. The van der Waals surface area contributed by atoms with Gasteiger partial charge in [0.25, 0.3) is 0 Å². The van der Waals surface area contributed by atoms with Gasteiger partial charge in [-0.25, -0.2) is 0 Å². The van der Waals surface area contributed by atoms with E-state index < -0.39 is 0 Å². The Labute approximate surface area is 122 Å². The number of rotatable bonds is 6. The third-order valence-corrected chi connectivity index (χ3v) is 3.21. The molecule has 1 N–H and O–H groups in total. The van der Waals surface area contributed by atoms with E-state index in [2.05, 4.69) is 69.4 Å². The van der Waals surface area contributed by atoms with Gasteiger partial charge in [0, 0.05) is 12.1 Å². The summed E-state index contributed by atoms with van der Waals surface area (Å²) in [6.07, 6.45) is 0.194. The summed E-state index contributed by atoms with van der Waals surface area (Å²) in [6, 6.07) is 12.7. The third kappa shape index (κ3) is 3.73. The van der Waals surface area contributed by atoms with Crippen molar-refractivity contribution in [3.63, 3.8) is 0 Å². The Bertz CT molecular complexity index is 560. The molecule has 0 heterocycles. The van der Waals surface area contributed by atoms with Gasteiger partial charge in [-0.05, 0) is 43.1 Å². The summed E-state index contributed by atoms with van der Waals surface area (Å²) < 4.78 is 5.97. The molecule has 0 radical (unpaired) electrons. The Morgan fingerprint density at radius 1 is 1.00 bits per heavy atom. The maximum absolute atomic E-state index is 5.97. The summed E-state index contributed by atoms with van der Waals surface area (Å²) in [5.74, 6) is 1.65. The maximum atomic E-state index is 5.97. The zero-order chi connectivity index (χ0) is 14.5. The van der Waals surface area contributed by atoms with Gasteiger partial charge < -0.3 is 10.1 Å². The van der Waals surface area contributed by atoms with Crippen molar-refractivity contribution in [1.29, 1.82) is 0 Å². The predicted octanol–water partition coefficient (Wildman–Crippen LogP) is 4.37. The lowest BCUT2D eigenvalue weighted by molar-refractivity contribution is 0.240. The van der Waals surface area contributed by atoms with Crippen LogP contribution in [0.3, 0.4) is 0 Å². The second kappa shape index (κ2) is 6.76. The summed E-state index contributed by atoms with van der Waals surface area (Å²) >= 11 is 0. The van der Waals surface area contributed by atoms with Crippen molar-refractivity contribution in [2.24, 2.45) is 5.92 Å². The molecule has 0 spiro atoms. The van der Waals surface area contributed by atoms with E-state index in [0.717, 1.165) is 18.8 Å². The summed E-state index contributed by atoms with van der Waals surface area (Å²) in [5.41, 5.74) is 1.26. The lowest BCUT2D eigenvalue weighted by Crippen LogP contribution is -2.20. The molecular formula is C18H25NO.